The van der Waals surface area contributed by atoms with Crippen molar-refractivity contribution in [3.63, 3.8) is 0 Å². The molecular weight excluding hydrogens is 571 g/mol. The number of carbonyl (C=O) groups excluding carboxylic acids is 2. The van der Waals surface area contributed by atoms with Crippen molar-refractivity contribution in [2.75, 3.05) is 16.8 Å². The van der Waals surface area contributed by atoms with Crippen LogP contribution in [0.5, 0.6) is 0 Å². The Hall–Kier alpha value is -2.86. The number of halogens is 4. The van der Waals surface area contributed by atoms with E-state index < -0.39 is 17.8 Å². The lowest BCUT2D eigenvalue weighted by Crippen LogP contribution is -2.35. The van der Waals surface area contributed by atoms with Crippen LogP contribution in [0.15, 0.2) is 40.9 Å². The second-order valence-corrected chi connectivity index (χ2v) is 10.6. The smallest absolute Gasteiger partial charge is 0.349 e. The first-order valence-corrected chi connectivity index (χ1v) is 13.4. The lowest BCUT2D eigenvalue weighted by Gasteiger charge is -2.17. The highest BCUT2D eigenvalue weighted by atomic mass is 79.9. The topological polar surface area (TPSA) is 88.9 Å². The van der Waals surface area contributed by atoms with Crippen molar-refractivity contribution < 1.29 is 22.8 Å². The number of carbonyl (C=O) groups is 2. The van der Waals surface area contributed by atoms with Crippen LogP contribution in [0, 0.1) is 13.8 Å². The predicted octanol–water partition coefficient (Wildman–Crippen LogP) is 5.85. The van der Waals surface area contributed by atoms with Crippen molar-refractivity contribution in [3.05, 3.63) is 74.8 Å². The third-order valence-electron chi connectivity index (χ3n) is 5.41. The molecular formula is C25H27BrF3N5O2S. The number of nitrogens with one attached hydrogen (secondary N) is 2. The molecule has 2 heterocycles. The number of alkyl halides is 3. The number of hydrogen-bond donors (Lipinski definition) is 2. The third kappa shape index (κ3) is 7.35. The van der Waals surface area contributed by atoms with E-state index in [9.17, 15) is 22.8 Å². The molecule has 198 valence electrons. The zero-order valence-electron chi connectivity index (χ0n) is 20.7. The van der Waals surface area contributed by atoms with Crippen molar-refractivity contribution in [1.29, 1.82) is 0 Å². The maximum Gasteiger partial charge on any atom is 0.435 e. The lowest BCUT2D eigenvalue weighted by molar-refractivity contribution is -0.141. The quantitative estimate of drug-likeness (QED) is 0.323. The number of aryl methyl sites for hydroxylation is 2. The molecule has 0 fully saturated rings. The average Bonchev–Trinajstić information content (AvgIpc) is 3.19. The molecule has 0 aliphatic carbocycles. The fraction of sp³-hybridized carbons (Fsp3) is 0.360. The summed E-state index contributed by atoms with van der Waals surface area (Å²) in [5.74, 6) is 0.837. The molecule has 2 N–H and O–H groups in total. The molecule has 0 saturated carbocycles. The van der Waals surface area contributed by atoms with Crippen molar-refractivity contribution in [2.24, 2.45) is 0 Å². The summed E-state index contributed by atoms with van der Waals surface area (Å²) < 4.78 is 40.6. The molecule has 0 radical (unpaired) electrons. The number of anilines is 1. The number of thioether (sulfide) groups is 1. The number of hydrogen-bond acceptors (Lipinski definition) is 5. The number of benzene rings is 1. The van der Waals surface area contributed by atoms with Gasteiger partial charge in [0.2, 0.25) is 0 Å². The molecule has 2 amide bonds. The Labute approximate surface area is 225 Å². The molecule has 12 heteroatoms. The Morgan fingerprint density at radius 2 is 1.89 bits per heavy atom. The van der Waals surface area contributed by atoms with E-state index in [2.05, 4.69) is 36.6 Å². The van der Waals surface area contributed by atoms with Gasteiger partial charge in [-0.05, 0) is 72.8 Å². The largest absolute Gasteiger partial charge is 0.435 e. The van der Waals surface area contributed by atoms with Crippen LogP contribution in [-0.4, -0.2) is 44.1 Å². The van der Waals surface area contributed by atoms with Crippen molar-refractivity contribution >= 4 is 45.2 Å². The molecule has 1 atom stereocenters. The minimum atomic E-state index is -4.53. The van der Waals surface area contributed by atoms with Crippen LogP contribution >= 0.6 is 27.7 Å². The number of pyridine rings is 1. The first-order valence-electron chi connectivity index (χ1n) is 11.5. The van der Waals surface area contributed by atoms with Gasteiger partial charge in [0.05, 0.1) is 34.7 Å². The van der Waals surface area contributed by atoms with Gasteiger partial charge in [0.25, 0.3) is 11.8 Å². The van der Waals surface area contributed by atoms with Crippen molar-refractivity contribution in [3.8, 4) is 0 Å². The van der Waals surface area contributed by atoms with E-state index in [1.807, 2.05) is 13.8 Å². The number of aromatic nitrogens is 3. The summed E-state index contributed by atoms with van der Waals surface area (Å²) in [6.45, 7) is 7.21. The van der Waals surface area contributed by atoms with Crippen LogP contribution < -0.4 is 10.6 Å². The van der Waals surface area contributed by atoms with Gasteiger partial charge in [-0.2, -0.15) is 30.0 Å². The highest BCUT2D eigenvalue weighted by Gasteiger charge is 2.34. The number of rotatable bonds is 9. The first kappa shape index (κ1) is 28.7. The van der Waals surface area contributed by atoms with E-state index in [0.29, 0.717) is 27.2 Å². The maximum atomic E-state index is 13.2. The van der Waals surface area contributed by atoms with Gasteiger partial charge in [-0.25, -0.2) is 0 Å². The monoisotopic (exact) mass is 597 g/mol. The molecule has 0 aliphatic heterocycles. The second kappa shape index (κ2) is 12.1. The second-order valence-electron chi connectivity index (χ2n) is 8.41. The summed E-state index contributed by atoms with van der Waals surface area (Å²) in [6, 6.07) is 9.07. The highest BCUT2D eigenvalue weighted by molar-refractivity contribution is 9.10. The molecule has 0 unspecified atom stereocenters. The standard InChI is InChI=1S/C25H27BrF3N5O2S/c1-5-37-13-14(2)30-24(36)22-18(7-6-8-19(22)26)23(35)32-20-10-9-17(31-16(20)4)12-34-15(3)11-21(33-34)25(27,28)29/h6-11,14H,5,12-13H2,1-4H3,(H,30,36)(H,32,35)/t14-/m0/s1. The molecule has 3 aromatic rings. The van der Waals surface area contributed by atoms with E-state index in [1.165, 1.54) is 4.68 Å². The van der Waals surface area contributed by atoms with E-state index in [-0.39, 0.29) is 29.6 Å². The first-order chi connectivity index (χ1) is 17.4. The Balaban J connectivity index is 1.77. The van der Waals surface area contributed by atoms with Crippen LogP contribution in [0.2, 0.25) is 0 Å². The number of nitrogens with zero attached hydrogens (tertiary/aromatic N) is 3. The van der Waals surface area contributed by atoms with Gasteiger partial charge in [-0.3, -0.25) is 19.3 Å². The van der Waals surface area contributed by atoms with Gasteiger partial charge < -0.3 is 10.6 Å². The third-order valence-corrected chi connectivity index (χ3v) is 7.21. The predicted molar refractivity (Wildman–Crippen MR) is 142 cm³/mol. The SMILES string of the molecule is CCSC[C@H](C)NC(=O)c1c(Br)cccc1C(=O)Nc1ccc(Cn2nc(C(F)(F)F)cc2C)nc1C. The highest BCUT2D eigenvalue weighted by Crippen LogP contribution is 2.29. The van der Waals surface area contributed by atoms with Crippen LogP contribution in [0.25, 0.3) is 0 Å². The molecule has 0 saturated heterocycles. The van der Waals surface area contributed by atoms with Crippen LogP contribution in [-0.2, 0) is 12.7 Å². The summed E-state index contributed by atoms with van der Waals surface area (Å²) in [5, 5.41) is 9.34. The summed E-state index contributed by atoms with van der Waals surface area (Å²) in [6.07, 6.45) is -4.53. The Morgan fingerprint density at radius 3 is 2.51 bits per heavy atom. The van der Waals surface area contributed by atoms with Gasteiger partial charge in [-0.1, -0.05) is 13.0 Å². The van der Waals surface area contributed by atoms with Gasteiger partial charge in [0, 0.05) is 22.0 Å². The Morgan fingerprint density at radius 1 is 1.16 bits per heavy atom. The normalized spacial score (nSPS) is 12.3. The molecule has 3 rings (SSSR count). The lowest BCUT2D eigenvalue weighted by atomic mass is 10.1. The minimum absolute atomic E-state index is 0.0431. The molecule has 0 aliphatic rings. The minimum Gasteiger partial charge on any atom is -0.349 e. The van der Waals surface area contributed by atoms with Crippen LogP contribution in [0.1, 0.15) is 57.3 Å². The Bertz CT molecular complexity index is 1300. The van der Waals surface area contributed by atoms with E-state index in [1.54, 1.807) is 55.9 Å². The average molecular weight is 598 g/mol. The van der Waals surface area contributed by atoms with Crippen molar-refractivity contribution in [1.82, 2.24) is 20.1 Å². The van der Waals surface area contributed by atoms with Crippen LogP contribution in [0.4, 0.5) is 18.9 Å². The van der Waals surface area contributed by atoms with E-state index in [0.717, 1.165) is 17.6 Å². The van der Waals surface area contributed by atoms with E-state index >= 15 is 0 Å². The van der Waals surface area contributed by atoms with Crippen molar-refractivity contribution in [2.45, 2.75) is 46.5 Å². The summed E-state index contributed by atoms with van der Waals surface area (Å²) in [5.41, 5.74) is 1.18. The molecule has 0 spiro atoms. The zero-order valence-corrected chi connectivity index (χ0v) is 23.1. The Kier molecular flexibility index (Phi) is 9.41. The fourth-order valence-corrected chi connectivity index (χ4v) is 4.78. The molecule has 1 aromatic carbocycles. The molecule has 37 heavy (non-hydrogen) atoms. The van der Waals surface area contributed by atoms with Gasteiger partial charge in [0.1, 0.15) is 0 Å². The fourth-order valence-electron chi connectivity index (χ4n) is 3.56. The van der Waals surface area contributed by atoms with Gasteiger partial charge >= 0.3 is 6.18 Å². The summed E-state index contributed by atoms with van der Waals surface area (Å²) >= 11 is 5.09. The summed E-state index contributed by atoms with van der Waals surface area (Å²) in [4.78, 5) is 30.5. The molecule has 0 bridgehead atoms. The van der Waals surface area contributed by atoms with Gasteiger partial charge in [-0.15, -0.1) is 0 Å². The zero-order chi connectivity index (χ0) is 27.3. The van der Waals surface area contributed by atoms with Crippen LogP contribution in [0.3, 0.4) is 0 Å². The number of amides is 2. The summed E-state index contributed by atoms with van der Waals surface area (Å²) in [7, 11) is 0. The van der Waals surface area contributed by atoms with E-state index in [4.69, 9.17) is 0 Å². The molecule has 7 nitrogen and oxygen atoms in total. The maximum absolute atomic E-state index is 13.2. The molecule has 2 aromatic heterocycles. The van der Waals surface area contributed by atoms with Gasteiger partial charge in [0.15, 0.2) is 5.69 Å².